The third-order valence-corrected chi connectivity index (χ3v) is 4.16. The Morgan fingerprint density at radius 1 is 1.22 bits per heavy atom. The van der Waals surface area contributed by atoms with Gasteiger partial charge in [0, 0.05) is 31.2 Å². The molecule has 0 saturated heterocycles. The normalized spacial score (nSPS) is 11.2. The van der Waals surface area contributed by atoms with E-state index < -0.39 is 0 Å². The summed E-state index contributed by atoms with van der Waals surface area (Å²) in [5.41, 5.74) is 2.12. The van der Waals surface area contributed by atoms with Crippen LogP contribution in [-0.2, 0) is 6.42 Å². The van der Waals surface area contributed by atoms with Crippen molar-refractivity contribution in [3.8, 4) is 5.75 Å². The first-order chi connectivity index (χ1) is 11.0. The Bertz CT molecular complexity index is 672. The van der Waals surface area contributed by atoms with Crippen molar-refractivity contribution >= 4 is 16.9 Å². The number of fused-ring (bicyclic) bond motifs is 1. The molecule has 2 rings (SSSR count). The molecule has 1 amide bonds. The predicted octanol–water partition coefficient (Wildman–Crippen LogP) is 3.06. The third kappa shape index (κ3) is 3.67. The van der Waals surface area contributed by atoms with Gasteiger partial charge in [0.2, 0.25) is 0 Å². The highest BCUT2D eigenvalue weighted by Crippen LogP contribution is 2.27. The molecule has 1 heterocycles. The molecular formula is C18H27N3O2. The lowest BCUT2D eigenvalue weighted by molar-refractivity contribution is 0.206. The summed E-state index contributed by atoms with van der Waals surface area (Å²) in [5, 5.41) is 1.09. The van der Waals surface area contributed by atoms with Gasteiger partial charge in [-0.1, -0.05) is 0 Å². The number of ether oxygens (including phenoxy) is 1. The number of benzene rings is 1. The van der Waals surface area contributed by atoms with Crippen molar-refractivity contribution in [2.45, 2.75) is 20.3 Å². The monoisotopic (exact) mass is 317 g/mol. The molecule has 5 heteroatoms. The summed E-state index contributed by atoms with van der Waals surface area (Å²) in [6.45, 7) is 6.36. The largest absolute Gasteiger partial charge is 0.497 e. The van der Waals surface area contributed by atoms with Gasteiger partial charge in [-0.05, 0) is 58.1 Å². The van der Waals surface area contributed by atoms with Crippen molar-refractivity contribution in [2.75, 3.05) is 40.8 Å². The topological polar surface area (TPSA) is 37.7 Å². The Labute approximate surface area is 138 Å². The van der Waals surface area contributed by atoms with E-state index in [-0.39, 0.29) is 6.03 Å². The van der Waals surface area contributed by atoms with Crippen LogP contribution in [0.5, 0.6) is 5.75 Å². The van der Waals surface area contributed by atoms with Crippen molar-refractivity contribution in [3.63, 3.8) is 0 Å². The summed E-state index contributed by atoms with van der Waals surface area (Å²) in [6.07, 6.45) is 2.88. The average Bonchev–Trinajstić information content (AvgIpc) is 2.91. The molecule has 2 aromatic rings. The molecule has 0 atom stereocenters. The minimum atomic E-state index is 0.0290. The fraction of sp³-hybridized carbons (Fsp3) is 0.500. The summed E-state index contributed by atoms with van der Waals surface area (Å²) in [5.74, 6) is 0.816. The van der Waals surface area contributed by atoms with Crippen LogP contribution in [0.3, 0.4) is 0 Å². The van der Waals surface area contributed by atoms with Gasteiger partial charge >= 0.3 is 6.03 Å². The average molecular weight is 317 g/mol. The standard InChI is InChI=1S/C18H27N3O2/c1-6-20(7-2)18(22)21-13-14(10-11-19(3)4)16-12-15(23-5)8-9-17(16)21/h8-9,12-13H,6-7,10-11H2,1-5H3. The van der Waals surface area contributed by atoms with Crippen LogP contribution in [0.15, 0.2) is 24.4 Å². The Morgan fingerprint density at radius 3 is 2.48 bits per heavy atom. The van der Waals surface area contributed by atoms with Crippen molar-refractivity contribution in [1.29, 1.82) is 0 Å². The smallest absolute Gasteiger partial charge is 0.328 e. The lowest BCUT2D eigenvalue weighted by atomic mass is 10.1. The van der Waals surface area contributed by atoms with Crippen LogP contribution in [-0.4, -0.2) is 61.2 Å². The molecule has 0 N–H and O–H groups in total. The zero-order valence-corrected chi connectivity index (χ0v) is 14.8. The van der Waals surface area contributed by atoms with Crippen LogP contribution in [0, 0.1) is 0 Å². The van der Waals surface area contributed by atoms with E-state index in [2.05, 4.69) is 19.0 Å². The first-order valence-corrected chi connectivity index (χ1v) is 8.13. The minimum absolute atomic E-state index is 0.0290. The van der Waals surface area contributed by atoms with Gasteiger partial charge in [-0.15, -0.1) is 0 Å². The quantitative estimate of drug-likeness (QED) is 0.822. The predicted molar refractivity (Wildman–Crippen MR) is 94.5 cm³/mol. The lowest BCUT2D eigenvalue weighted by Crippen LogP contribution is -2.33. The maximum atomic E-state index is 12.8. The molecule has 0 spiro atoms. The van der Waals surface area contributed by atoms with Crippen molar-refractivity contribution in [3.05, 3.63) is 30.0 Å². The molecular weight excluding hydrogens is 290 g/mol. The number of rotatable bonds is 6. The summed E-state index contributed by atoms with van der Waals surface area (Å²) < 4.78 is 7.12. The van der Waals surface area contributed by atoms with Crippen LogP contribution < -0.4 is 4.74 Å². The van der Waals surface area contributed by atoms with Gasteiger partial charge in [0.25, 0.3) is 0 Å². The molecule has 0 aliphatic heterocycles. The Hall–Kier alpha value is -2.01. The minimum Gasteiger partial charge on any atom is -0.497 e. The number of carbonyl (C=O) groups is 1. The Kier molecular flexibility index (Phi) is 5.66. The number of hydrogen-bond acceptors (Lipinski definition) is 3. The van der Waals surface area contributed by atoms with Crippen LogP contribution in [0.25, 0.3) is 10.9 Å². The maximum absolute atomic E-state index is 12.8. The number of carbonyl (C=O) groups excluding carboxylic acids is 1. The summed E-state index contributed by atoms with van der Waals surface area (Å²) in [6, 6.07) is 5.92. The summed E-state index contributed by atoms with van der Waals surface area (Å²) in [7, 11) is 5.78. The van der Waals surface area contributed by atoms with E-state index in [4.69, 9.17) is 4.74 Å². The molecule has 0 radical (unpaired) electrons. The second-order valence-electron chi connectivity index (χ2n) is 5.92. The zero-order chi connectivity index (χ0) is 17.0. The molecule has 0 aliphatic carbocycles. The molecule has 126 valence electrons. The molecule has 23 heavy (non-hydrogen) atoms. The highest BCUT2D eigenvalue weighted by atomic mass is 16.5. The number of likely N-dealkylation sites (N-methyl/N-ethyl adjacent to an activating group) is 1. The van der Waals surface area contributed by atoms with Crippen molar-refractivity contribution in [2.24, 2.45) is 0 Å². The van der Waals surface area contributed by atoms with E-state index in [1.54, 1.807) is 11.7 Å². The van der Waals surface area contributed by atoms with Crippen LogP contribution in [0.4, 0.5) is 4.79 Å². The number of hydrogen-bond donors (Lipinski definition) is 0. The Morgan fingerprint density at radius 2 is 1.91 bits per heavy atom. The summed E-state index contributed by atoms with van der Waals surface area (Å²) in [4.78, 5) is 16.8. The van der Waals surface area contributed by atoms with E-state index in [0.717, 1.165) is 29.6 Å². The zero-order valence-electron chi connectivity index (χ0n) is 14.8. The molecule has 0 saturated carbocycles. The summed E-state index contributed by atoms with van der Waals surface area (Å²) >= 11 is 0. The molecule has 0 bridgehead atoms. The molecule has 1 aromatic heterocycles. The highest BCUT2D eigenvalue weighted by molar-refractivity contribution is 5.94. The van der Waals surface area contributed by atoms with E-state index in [9.17, 15) is 4.79 Å². The van der Waals surface area contributed by atoms with Crippen molar-refractivity contribution in [1.82, 2.24) is 14.4 Å². The Balaban J connectivity index is 2.50. The second kappa shape index (κ2) is 7.51. The first-order valence-electron chi connectivity index (χ1n) is 8.13. The third-order valence-electron chi connectivity index (χ3n) is 4.16. The molecule has 5 nitrogen and oxygen atoms in total. The van der Waals surface area contributed by atoms with E-state index in [1.165, 1.54) is 5.56 Å². The van der Waals surface area contributed by atoms with Gasteiger partial charge in [0.05, 0.1) is 12.6 Å². The van der Waals surface area contributed by atoms with Gasteiger partial charge in [-0.2, -0.15) is 0 Å². The van der Waals surface area contributed by atoms with E-state index in [1.807, 2.05) is 43.1 Å². The molecule has 0 aliphatic rings. The van der Waals surface area contributed by atoms with Crippen LogP contribution in [0.1, 0.15) is 19.4 Å². The number of nitrogens with zero attached hydrogens (tertiary/aromatic N) is 3. The van der Waals surface area contributed by atoms with E-state index >= 15 is 0 Å². The second-order valence-corrected chi connectivity index (χ2v) is 5.92. The van der Waals surface area contributed by atoms with Gasteiger partial charge in [0.1, 0.15) is 5.75 Å². The number of amides is 1. The molecule has 0 unspecified atom stereocenters. The van der Waals surface area contributed by atoms with Gasteiger partial charge < -0.3 is 14.5 Å². The fourth-order valence-electron chi connectivity index (χ4n) is 2.75. The molecule has 0 fully saturated rings. The van der Waals surface area contributed by atoms with E-state index in [0.29, 0.717) is 13.1 Å². The fourth-order valence-corrected chi connectivity index (χ4v) is 2.75. The van der Waals surface area contributed by atoms with Gasteiger partial charge in [0.15, 0.2) is 0 Å². The van der Waals surface area contributed by atoms with Crippen molar-refractivity contribution < 1.29 is 9.53 Å². The lowest BCUT2D eigenvalue weighted by Gasteiger charge is -2.19. The van der Waals surface area contributed by atoms with Crippen LogP contribution in [0.2, 0.25) is 0 Å². The molecule has 1 aromatic carbocycles. The van der Waals surface area contributed by atoms with Gasteiger partial charge in [-0.3, -0.25) is 4.57 Å². The number of methoxy groups -OCH3 is 1. The maximum Gasteiger partial charge on any atom is 0.328 e. The number of aromatic nitrogens is 1. The SMILES string of the molecule is CCN(CC)C(=O)n1cc(CCN(C)C)c2cc(OC)ccc21. The highest BCUT2D eigenvalue weighted by Gasteiger charge is 2.18. The first kappa shape index (κ1) is 17.3. The van der Waals surface area contributed by atoms with Crippen LogP contribution >= 0.6 is 0 Å². The van der Waals surface area contributed by atoms with Gasteiger partial charge in [-0.25, -0.2) is 4.79 Å².